The molecule has 0 radical (unpaired) electrons. The van der Waals surface area contributed by atoms with Crippen molar-refractivity contribution >= 4 is 11.9 Å². The van der Waals surface area contributed by atoms with E-state index in [1.54, 1.807) is 6.92 Å². The number of piperazine rings is 1. The molecule has 0 spiro atoms. The molecule has 0 aliphatic carbocycles. The lowest BCUT2D eigenvalue weighted by Gasteiger charge is -2.40. The van der Waals surface area contributed by atoms with Crippen LogP contribution in [0.3, 0.4) is 0 Å². The van der Waals surface area contributed by atoms with Crippen molar-refractivity contribution in [2.75, 3.05) is 37.6 Å². The molecule has 0 saturated carbocycles. The predicted molar refractivity (Wildman–Crippen MR) is 97.7 cm³/mol. The topological polar surface area (TPSA) is 52.6 Å². The van der Waals surface area contributed by atoms with E-state index < -0.39 is 0 Å². The molecule has 1 aromatic rings. The number of rotatable bonds is 3. The Morgan fingerprint density at radius 3 is 2.20 bits per heavy atom. The van der Waals surface area contributed by atoms with Crippen LogP contribution in [0.15, 0.2) is 12.4 Å². The number of anilines is 1. The van der Waals surface area contributed by atoms with Gasteiger partial charge in [-0.15, -0.1) is 0 Å². The molecule has 6 nitrogen and oxygen atoms in total. The van der Waals surface area contributed by atoms with Crippen molar-refractivity contribution in [1.29, 1.82) is 0 Å². The molecule has 6 heteroatoms. The van der Waals surface area contributed by atoms with Gasteiger partial charge >= 0.3 is 0 Å². The summed E-state index contributed by atoms with van der Waals surface area (Å²) in [5.41, 5.74) is 1.23. The van der Waals surface area contributed by atoms with Crippen LogP contribution in [-0.2, 0) is 4.79 Å². The second kappa shape index (κ2) is 6.90. The molecule has 2 atom stereocenters. The molecular formula is C19H29N5O. The number of likely N-dealkylation sites (N-methyl/N-ethyl adjacent to an activating group) is 1. The van der Waals surface area contributed by atoms with Gasteiger partial charge in [-0.1, -0.05) is 6.92 Å². The minimum Gasteiger partial charge on any atom is -0.343 e. The van der Waals surface area contributed by atoms with E-state index in [2.05, 4.69) is 16.7 Å². The fraction of sp³-hybridized carbons (Fsp3) is 0.737. The van der Waals surface area contributed by atoms with Crippen LogP contribution >= 0.6 is 0 Å². The third-order valence-electron chi connectivity index (χ3n) is 6.31. The SMILES string of the molecule is CCN1CC2CCC(C1)N2c1ncc(C2CCN(C(C)=O)CC2)cn1. The molecule has 3 aliphatic rings. The molecule has 3 aliphatic heterocycles. The first kappa shape index (κ1) is 16.8. The van der Waals surface area contributed by atoms with Gasteiger partial charge in [0.15, 0.2) is 0 Å². The van der Waals surface area contributed by atoms with Crippen molar-refractivity contribution in [1.82, 2.24) is 19.8 Å². The van der Waals surface area contributed by atoms with Gasteiger partial charge in [0.05, 0.1) is 0 Å². The summed E-state index contributed by atoms with van der Waals surface area (Å²) in [6.07, 6.45) is 8.61. The molecule has 1 aromatic heterocycles. The van der Waals surface area contributed by atoms with Crippen LogP contribution in [-0.4, -0.2) is 70.5 Å². The maximum atomic E-state index is 11.5. The largest absolute Gasteiger partial charge is 0.343 e. The second-order valence-corrected chi connectivity index (χ2v) is 7.74. The van der Waals surface area contributed by atoms with E-state index in [9.17, 15) is 4.79 Å². The van der Waals surface area contributed by atoms with Crippen LogP contribution in [0.4, 0.5) is 5.95 Å². The Hall–Kier alpha value is -1.69. The van der Waals surface area contributed by atoms with E-state index >= 15 is 0 Å². The first-order valence-corrected chi connectivity index (χ1v) is 9.74. The monoisotopic (exact) mass is 343 g/mol. The van der Waals surface area contributed by atoms with Gasteiger partial charge in [-0.3, -0.25) is 9.69 Å². The Bertz CT molecular complexity index is 597. The zero-order valence-electron chi connectivity index (χ0n) is 15.4. The van der Waals surface area contributed by atoms with Crippen molar-refractivity contribution in [3.8, 4) is 0 Å². The Balaban J connectivity index is 1.42. The zero-order chi connectivity index (χ0) is 17.4. The summed E-state index contributed by atoms with van der Waals surface area (Å²) in [7, 11) is 0. The maximum Gasteiger partial charge on any atom is 0.225 e. The molecule has 0 aromatic carbocycles. The molecule has 25 heavy (non-hydrogen) atoms. The summed E-state index contributed by atoms with van der Waals surface area (Å²) in [5.74, 6) is 1.58. The number of carbonyl (C=O) groups excluding carboxylic acids is 1. The molecule has 136 valence electrons. The lowest BCUT2D eigenvalue weighted by Crippen LogP contribution is -2.54. The van der Waals surface area contributed by atoms with Gasteiger partial charge in [-0.2, -0.15) is 0 Å². The molecule has 0 N–H and O–H groups in total. The van der Waals surface area contributed by atoms with Gasteiger partial charge in [0.25, 0.3) is 0 Å². The first-order valence-electron chi connectivity index (χ1n) is 9.74. The number of fused-ring (bicyclic) bond motifs is 2. The third-order valence-corrected chi connectivity index (χ3v) is 6.31. The number of hydrogen-bond acceptors (Lipinski definition) is 5. The Kier molecular flexibility index (Phi) is 4.63. The van der Waals surface area contributed by atoms with Gasteiger partial charge < -0.3 is 9.80 Å². The second-order valence-electron chi connectivity index (χ2n) is 7.74. The van der Waals surface area contributed by atoms with E-state index in [4.69, 9.17) is 9.97 Å². The lowest BCUT2D eigenvalue weighted by atomic mass is 9.91. The molecule has 4 rings (SSSR count). The van der Waals surface area contributed by atoms with Crippen molar-refractivity contribution < 1.29 is 4.79 Å². The summed E-state index contributed by atoms with van der Waals surface area (Å²) in [5, 5.41) is 0. The number of aromatic nitrogens is 2. The number of amides is 1. The highest BCUT2D eigenvalue weighted by Crippen LogP contribution is 2.34. The van der Waals surface area contributed by atoms with Crippen molar-refractivity contribution in [3.63, 3.8) is 0 Å². The van der Waals surface area contributed by atoms with E-state index in [0.29, 0.717) is 18.0 Å². The van der Waals surface area contributed by atoms with E-state index in [0.717, 1.165) is 51.5 Å². The molecular weight excluding hydrogens is 314 g/mol. The molecule has 2 bridgehead atoms. The smallest absolute Gasteiger partial charge is 0.225 e. The fourth-order valence-electron chi connectivity index (χ4n) is 4.78. The van der Waals surface area contributed by atoms with Crippen molar-refractivity contribution in [2.45, 2.75) is 57.5 Å². The first-order chi connectivity index (χ1) is 12.2. The lowest BCUT2D eigenvalue weighted by molar-refractivity contribution is -0.129. The summed E-state index contributed by atoms with van der Waals surface area (Å²) in [4.78, 5) is 27.9. The summed E-state index contributed by atoms with van der Waals surface area (Å²) < 4.78 is 0. The maximum absolute atomic E-state index is 11.5. The number of nitrogens with zero attached hydrogens (tertiary/aromatic N) is 5. The fourth-order valence-corrected chi connectivity index (χ4v) is 4.78. The van der Waals surface area contributed by atoms with E-state index in [-0.39, 0.29) is 5.91 Å². The molecule has 4 heterocycles. The van der Waals surface area contributed by atoms with Crippen LogP contribution < -0.4 is 4.90 Å². The molecule has 2 unspecified atom stereocenters. The van der Waals surface area contributed by atoms with Crippen LogP contribution in [0.1, 0.15) is 51.0 Å². The number of hydrogen-bond donors (Lipinski definition) is 0. The van der Waals surface area contributed by atoms with E-state index in [1.807, 2.05) is 17.3 Å². The van der Waals surface area contributed by atoms with Gasteiger partial charge in [0, 0.05) is 57.6 Å². The predicted octanol–water partition coefficient (Wildman–Crippen LogP) is 1.88. The van der Waals surface area contributed by atoms with Gasteiger partial charge in [-0.25, -0.2) is 9.97 Å². The molecule has 3 fully saturated rings. The number of likely N-dealkylation sites (tertiary alicyclic amines) is 2. The summed E-state index contributed by atoms with van der Waals surface area (Å²) in [6.45, 7) is 9.03. The van der Waals surface area contributed by atoms with Gasteiger partial charge in [-0.05, 0) is 43.7 Å². The quantitative estimate of drug-likeness (QED) is 0.839. The van der Waals surface area contributed by atoms with Crippen LogP contribution in [0.5, 0.6) is 0 Å². The minimum absolute atomic E-state index is 0.187. The van der Waals surface area contributed by atoms with Crippen LogP contribution in [0.25, 0.3) is 0 Å². The number of carbonyl (C=O) groups is 1. The molecule has 1 amide bonds. The zero-order valence-corrected chi connectivity index (χ0v) is 15.4. The third kappa shape index (κ3) is 3.24. The highest BCUT2D eigenvalue weighted by atomic mass is 16.2. The number of piperidine rings is 1. The summed E-state index contributed by atoms with van der Waals surface area (Å²) >= 11 is 0. The Morgan fingerprint density at radius 1 is 1.08 bits per heavy atom. The Labute approximate surface area is 150 Å². The van der Waals surface area contributed by atoms with Gasteiger partial charge in [0.2, 0.25) is 11.9 Å². The van der Waals surface area contributed by atoms with Crippen LogP contribution in [0.2, 0.25) is 0 Å². The normalized spacial score (nSPS) is 27.8. The highest BCUT2D eigenvalue weighted by molar-refractivity contribution is 5.73. The minimum atomic E-state index is 0.187. The van der Waals surface area contributed by atoms with E-state index in [1.165, 1.54) is 18.4 Å². The standard InChI is InChI=1S/C19H29N5O/c1-3-22-12-17-4-5-18(13-22)24(17)19-20-10-16(11-21-19)15-6-8-23(9-7-15)14(2)25/h10-11,15,17-18H,3-9,12-13H2,1-2H3. The average molecular weight is 343 g/mol. The van der Waals surface area contributed by atoms with Crippen LogP contribution in [0, 0.1) is 0 Å². The highest BCUT2D eigenvalue weighted by Gasteiger charge is 2.40. The van der Waals surface area contributed by atoms with Crippen molar-refractivity contribution in [3.05, 3.63) is 18.0 Å². The molecule has 3 saturated heterocycles. The Morgan fingerprint density at radius 2 is 1.68 bits per heavy atom. The summed E-state index contributed by atoms with van der Waals surface area (Å²) in [6, 6.07) is 1.15. The van der Waals surface area contributed by atoms with Gasteiger partial charge in [0.1, 0.15) is 0 Å². The van der Waals surface area contributed by atoms with Crippen molar-refractivity contribution in [2.24, 2.45) is 0 Å². The average Bonchev–Trinajstić information content (AvgIpc) is 2.91.